The highest BCUT2D eigenvalue weighted by Crippen LogP contribution is 2.41. The number of rotatable bonds is 8. The second kappa shape index (κ2) is 8.95. The fourth-order valence-electron chi connectivity index (χ4n) is 3.78. The van der Waals surface area contributed by atoms with E-state index in [1.807, 2.05) is 6.07 Å². The first kappa shape index (κ1) is 22.0. The van der Waals surface area contributed by atoms with E-state index in [4.69, 9.17) is 15.2 Å². The van der Waals surface area contributed by atoms with Gasteiger partial charge in [-0.25, -0.2) is 9.50 Å². The summed E-state index contributed by atoms with van der Waals surface area (Å²) in [5, 5.41) is 35.2. The van der Waals surface area contributed by atoms with Crippen LogP contribution in [-0.4, -0.2) is 55.7 Å². The average molecular weight is 417 g/mol. The highest BCUT2D eigenvalue weighted by atomic mass is 16.6. The van der Waals surface area contributed by atoms with E-state index in [0.29, 0.717) is 11.1 Å². The zero-order valence-electron chi connectivity index (χ0n) is 17.1. The summed E-state index contributed by atoms with van der Waals surface area (Å²) in [5.41, 5.74) is 5.39. The van der Waals surface area contributed by atoms with Crippen molar-refractivity contribution in [3.8, 4) is 6.07 Å². The third-order valence-electron chi connectivity index (χ3n) is 5.42. The second-order valence-electron chi connectivity index (χ2n) is 7.55. The molecule has 10 nitrogen and oxygen atoms in total. The lowest BCUT2D eigenvalue weighted by Gasteiger charge is -2.24. The predicted molar refractivity (Wildman–Crippen MR) is 106 cm³/mol. The van der Waals surface area contributed by atoms with E-state index >= 15 is 0 Å². The van der Waals surface area contributed by atoms with Crippen molar-refractivity contribution in [2.24, 2.45) is 0 Å². The van der Waals surface area contributed by atoms with Crippen molar-refractivity contribution in [3.05, 3.63) is 23.7 Å². The van der Waals surface area contributed by atoms with E-state index in [1.54, 1.807) is 13.0 Å². The first-order valence-corrected chi connectivity index (χ1v) is 10.1. The van der Waals surface area contributed by atoms with Crippen LogP contribution in [0, 0.1) is 18.3 Å². The van der Waals surface area contributed by atoms with Gasteiger partial charge in [0.1, 0.15) is 42.8 Å². The number of hydrogen-bond acceptors (Lipinski definition) is 9. The Labute approximate surface area is 174 Å². The number of esters is 1. The highest BCUT2D eigenvalue weighted by Gasteiger charge is 2.58. The number of nitriles is 1. The van der Waals surface area contributed by atoms with Crippen molar-refractivity contribution in [1.82, 2.24) is 14.6 Å². The standard InChI is InChI=1S/C20H27N5O5/c1-3-4-5-6-7-15(26)29-9-13-17(27)18(28)20(10-21,30-13)14-8-12(2)16-19(22)23-11-24-25(14)16/h8,11,13,17-18,27-28H,3-7,9H2,1-2H3,(H2,22,23,24)/t13-,17-,18-,20?/m1/s1. The Morgan fingerprint density at radius 2 is 2.20 bits per heavy atom. The smallest absolute Gasteiger partial charge is 0.305 e. The average Bonchev–Trinajstić information content (AvgIpc) is 3.20. The third kappa shape index (κ3) is 3.84. The van der Waals surface area contributed by atoms with Crippen LogP contribution < -0.4 is 5.73 Å². The van der Waals surface area contributed by atoms with E-state index in [2.05, 4.69) is 17.0 Å². The number of unbranched alkanes of at least 4 members (excludes halogenated alkanes) is 3. The summed E-state index contributed by atoms with van der Waals surface area (Å²) in [4.78, 5) is 15.9. The maximum absolute atomic E-state index is 11.9. The van der Waals surface area contributed by atoms with Crippen LogP contribution in [0.5, 0.6) is 0 Å². The van der Waals surface area contributed by atoms with Crippen molar-refractivity contribution in [2.75, 3.05) is 12.3 Å². The van der Waals surface area contributed by atoms with Gasteiger partial charge in [0.15, 0.2) is 5.82 Å². The first-order chi connectivity index (χ1) is 14.4. The molecule has 0 aromatic carbocycles. The van der Waals surface area contributed by atoms with Crippen LogP contribution in [0.2, 0.25) is 0 Å². The van der Waals surface area contributed by atoms with Crippen molar-refractivity contribution in [2.45, 2.75) is 69.9 Å². The minimum Gasteiger partial charge on any atom is -0.463 e. The lowest BCUT2D eigenvalue weighted by Crippen LogP contribution is -2.41. The van der Waals surface area contributed by atoms with Gasteiger partial charge in [-0.3, -0.25) is 4.79 Å². The van der Waals surface area contributed by atoms with Crippen molar-refractivity contribution in [3.63, 3.8) is 0 Å². The molecule has 0 spiro atoms. The van der Waals surface area contributed by atoms with E-state index in [-0.39, 0.29) is 24.5 Å². The molecule has 162 valence electrons. The molecule has 0 aliphatic carbocycles. The van der Waals surface area contributed by atoms with Crippen LogP contribution in [0.1, 0.15) is 50.3 Å². The summed E-state index contributed by atoms with van der Waals surface area (Å²) in [6, 6.07) is 3.58. The predicted octanol–water partition coefficient (Wildman–Crippen LogP) is 0.973. The molecule has 1 unspecified atom stereocenters. The number of nitrogens with zero attached hydrogens (tertiary/aromatic N) is 4. The lowest BCUT2D eigenvalue weighted by molar-refractivity contribution is -0.150. The quantitative estimate of drug-likeness (QED) is 0.420. The monoisotopic (exact) mass is 417 g/mol. The fourth-order valence-corrected chi connectivity index (χ4v) is 3.78. The van der Waals surface area contributed by atoms with E-state index in [0.717, 1.165) is 25.7 Å². The molecular formula is C20H27N5O5. The number of fused-ring (bicyclic) bond motifs is 1. The third-order valence-corrected chi connectivity index (χ3v) is 5.42. The Morgan fingerprint density at radius 3 is 2.90 bits per heavy atom. The van der Waals surface area contributed by atoms with Gasteiger partial charge >= 0.3 is 5.97 Å². The lowest BCUT2D eigenvalue weighted by atomic mass is 9.92. The number of anilines is 1. The molecule has 0 amide bonds. The van der Waals surface area contributed by atoms with Gasteiger partial charge in [0.25, 0.3) is 0 Å². The van der Waals surface area contributed by atoms with Gasteiger partial charge in [-0.15, -0.1) is 0 Å². The molecule has 3 heterocycles. The normalized spacial score (nSPS) is 26.0. The van der Waals surface area contributed by atoms with Crippen LogP contribution in [0.25, 0.3) is 5.52 Å². The van der Waals surface area contributed by atoms with Crippen molar-refractivity contribution < 1.29 is 24.5 Å². The van der Waals surface area contributed by atoms with E-state index in [9.17, 15) is 20.3 Å². The first-order valence-electron chi connectivity index (χ1n) is 10.1. The Kier molecular flexibility index (Phi) is 6.55. The minimum absolute atomic E-state index is 0.212. The summed E-state index contributed by atoms with van der Waals surface area (Å²) in [5.74, 6) is -0.196. The number of aromatic nitrogens is 3. The fraction of sp³-hybridized carbons (Fsp3) is 0.600. The minimum atomic E-state index is -1.91. The number of aryl methyl sites for hydroxylation is 1. The molecule has 4 N–H and O–H groups in total. The van der Waals surface area contributed by atoms with Crippen LogP contribution in [0.15, 0.2) is 12.4 Å². The zero-order valence-corrected chi connectivity index (χ0v) is 17.1. The van der Waals surface area contributed by atoms with Crippen LogP contribution in [-0.2, 0) is 19.9 Å². The van der Waals surface area contributed by atoms with Crippen LogP contribution in [0.3, 0.4) is 0 Å². The number of aliphatic hydroxyl groups is 2. The highest BCUT2D eigenvalue weighted by molar-refractivity contribution is 5.71. The maximum Gasteiger partial charge on any atom is 0.305 e. The number of carbonyl (C=O) groups is 1. The Hall–Kier alpha value is -2.74. The molecule has 0 radical (unpaired) electrons. The van der Waals surface area contributed by atoms with E-state index in [1.165, 1.54) is 10.8 Å². The number of hydrogen-bond donors (Lipinski definition) is 3. The van der Waals surface area contributed by atoms with Crippen LogP contribution >= 0.6 is 0 Å². The molecule has 30 heavy (non-hydrogen) atoms. The molecule has 1 fully saturated rings. The molecule has 1 aliphatic heterocycles. The molecule has 0 bridgehead atoms. The number of ether oxygens (including phenoxy) is 2. The summed E-state index contributed by atoms with van der Waals surface area (Å²) in [6.45, 7) is 3.58. The molecule has 3 rings (SSSR count). The molecule has 0 saturated carbocycles. The molecule has 4 atom stereocenters. The summed E-state index contributed by atoms with van der Waals surface area (Å²) < 4.78 is 12.4. The number of nitrogens with two attached hydrogens (primary N) is 1. The summed E-state index contributed by atoms with van der Waals surface area (Å²) in [6.07, 6.45) is 1.21. The number of carbonyl (C=O) groups excluding carboxylic acids is 1. The van der Waals surface area contributed by atoms with Gasteiger partial charge in [-0.2, -0.15) is 10.4 Å². The van der Waals surface area contributed by atoms with Gasteiger partial charge < -0.3 is 25.4 Å². The van der Waals surface area contributed by atoms with Gasteiger partial charge in [-0.1, -0.05) is 26.2 Å². The van der Waals surface area contributed by atoms with E-state index < -0.39 is 29.9 Å². The molecule has 10 heteroatoms. The molecular weight excluding hydrogens is 390 g/mol. The van der Waals surface area contributed by atoms with Gasteiger partial charge in [0.05, 0.1) is 5.69 Å². The Bertz CT molecular complexity index is 955. The topological polar surface area (TPSA) is 156 Å². The summed E-state index contributed by atoms with van der Waals surface area (Å²) >= 11 is 0. The van der Waals surface area contributed by atoms with Gasteiger partial charge in [-0.05, 0) is 25.0 Å². The largest absolute Gasteiger partial charge is 0.463 e. The maximum atomic E-state index is 11.9. The van der Waals surface area contributed by atoms with Gasteiger partial charge in [0, 0.05) is 6.42 Å². The summed E-state index contributed by atoms with van der Waals surface area (Å²) in [7, 11) is 0. The van der Waals surface area contributed by atoms with Crippen molar-refractivity contribution >= 4 is 17.3 Å². The number of nitrogen functional groups attached to an aromatic ring is 1. The SMILES string of the molecule is CCCCCCC(=O)OC[C@H]1OC(C#N)(c2cc(C)c3c(N)ncnn23)[C@H](O)[C@@H]1O. The zero-order chi connectivity index (χ0) is 21.9. The van der Waals surface area contributed by atoms with Crippen LogP contribution in [0.4, 0.5) is 5.82 Å². The molecule has 2 aromatic heterocycles. The molecule has 2 aromatic rings. The molecule has 1 aliphatic rings. The van der Waals surface area contributed by atoms with Crippen molar-refractivity contribution in [1.29, 1.82) is 5.26 Å². The number of aliphatic hydroxyl groups excluding tert-OH is 2. The molecule has 1 saturated heterocycles. The Morgan fingerprint density at radius 1 is 1.43 bits per heavy atom. The van der Waals surface area contributed by atoms with Gasteiger partial charge in [0.2, 0.25) is 5.60 Å². The second-order valence-corrected chi connectivity index (χ2v) is 7.55. The Balaban J connectivity index is 1.79.